The Bertz CT molecular complexity index is 345. The number of amides is 1. The second kappa shape index (κ2) is 5.82. The van der Waals surface area contributed by atoms with Crippen molar-refractivity contribution < 1.29 is 4.79 Å². The Kier molecular flexibility index (Phi) is 4.14. The van der Waals surface area contributed by atoms with E-state index in [0.29, 0.717) is 6.04 Å². The van der Waals surface area contributed by atoms with Gasteiger partial charge in [0.1, 0.15) is 0 Å². The van der Waals surface area contributed by atoms with Gasteiger partial charge in [-0.2, -0.15) is 5.10 Å². The first-order valence-electron chi connectivity index (χ1n) is 6.27. The van der Waals surface area contributed by atoms with Crippen molar-refractivity contribution in [3.8, 4) is 0 Å². The van der Waals surface area contributed by atoms with Crippen LogP contribution in [-0.4, -0.2) is 34.3 Å². The summed E-state index contributed by atoms with van der Waals surface area (Å²) in [5.41, 5.74) is 0. The maximum Gasteiger partial charge on any atom is 0.237 e. The molecule has 1 atom stereocenters. The topological polar surface area (TPSA) is 59.0 Å². The Labute approximate surface area is 102 Å². The standard InChI is InChI=1S/C12H20N4O/c1-10(12(17)15-11-4-5-11)13-6-2-8-16-9-3-7-14-16/h3,7,9-11,13H,2,4-6,8H2,1H3,(H,15,17). The van der Waals surface area contributed by atoms with Crippen LogP contribution in [0.2, 0.25) is 0 Å². The van der Waals surface area contributed by atoms with Crippen molar-refractivity contribution in [1.82, 2.24) is 20.4 Å². The van der Waals surface area contributed by atoms with Crippen LogP contribution >= 0.6 is 0 Å². The molecule has 17 heavy (non-hydrogen) atoms. The van der Waals surface area contributed by atoms with Gasteiger partial charge in [0.2, 0.25) is 5.91 Å². The van der Waals surface area contributed by atoms with Gasteiger partial charge >= 0.3 is 0 Å². The molecule has 0 saturated heterocycles. The number of nitrogens with zero attached hydrogens (tertiary/aromatic N) is 2. The highest BCUT2D eigenvalue weighted by molar-refractivity contribution is 5.81. The molecule has 1 unspecified atom stereocenters. The highest BCUT2D eigenvalue weighted by Gasteiger charge is 2.25. The molecule has 1 heterocycles. The predicted octanol–water partition coefficient (Wildman–Crippen LogP) is 0.530. The second-order valence-electron chi connectivity index (χ2n) is 4.58. The summed E-state index contributed by atoms with van der Waals surface area (Å²) in [6.07, 6.45) is 6.97. The largest absolute Gasteiger partial charge is 0.352 e. The third-order valence-corrected chi connectivity index (χ3v) is 2.89. The third kappa shape index (κ3) is 4.19. The van der Waals surface area contributed by atoms with Gasteiger partial charge in [0, 0.05) is 25.0 Å². The number of rotatable bonds is 7. The number of aromatic nitrogens is 2. The average molecular weight is 236 g/mol. The van der Waals surface area contributed by atoms with E-state index in [1.165, 1.54) is 0 Å². The molecule has 0 spiro atoms. The van der Waals surface area contributed by atoms with Crippen molar-refractivity contribution in [2.45, 2.75) is 44.8 Å². The lowest BCUT2D eigenvalue weighted by Crippen LogP contribution is -2.43. The van der Waals surface area contributed by atoms with E-state index < -0.39 is 0 Å². The van der Waals surface area contributed by atoms with Crippen molar-refractivity contribution in [3.05, 3.63) is 18.5 Å². The Morgan fingerprint density at radius 1 is 1.59 bits per heavy atom. The van der Waals surface area contributed by atoms with Gasteiger partial charge in [0.15, 0.2) is 0 Å². The Morgan fingerprint density at radius 3 is 3.06 bits per heavy atom. The fourth-order valence-corrected chi connectivity index (χ4v) is 1.64. The summed E-state index contributed by atoms with van der Waals surface area (Å²) in [6, 6.07) is 2.25. The van der Waals surface area contributed by atoms with E-state index in [0.717, 1.165) is 32.4 Å². The van der Waals surface area contributed by atoms with Crippen molar-refractivity contribution in [1.29, 1.82) is 0 Å². The van der Waals surface area contributed by atoms with Gasteiger partial charge in [-0.3, -0.25) is 9.48 Å². The van der Waals surface area contributed by atoms with Crippen molar-refractivity contribution in [2.75, 3.05) is 6.54 Å². The fraction of sp³-hybridized carbons (Fsp3) is 0.667. The fourth-order valence-electron chi connectivity index (χ4n) is 1.64. The second-order valence-corrected chi connectivity index (χ2v) is 4.58. The van der Waals surface area contributed by atoms with Gasteiger partial charge in [0.25, 0.3) is 0 Å². The number of nitrogens with one attached hydrogen (secondary N) is 2. The zero-order valence-electron chi connectivity index (χ0n) is 10.2. The molecular formula is C12H20N4O. The van der Waals surface area contributed by atoms with Crippen LogP contribution in [0.3, 0.4) is 0 Å². The zero-order chi connectivity index (χ0) is 12.1. The molecule has 1 saturated carbocycles. The van der Waals surface area contributed by atoms with Crippen LogP contribution in [0, 0.1) is 0 Å². The summed E-state index contributed by atoms with van der Waals surface area (Å²) in [6.45, 7) is 3.63. The first-order chi connectivity index (χ1) is 8.25. The molecule has 0 aliphatic heterocycles. The monoisotopic (exact) mass is 236 g/mol. The van der Waals surface area contributed by atoms with E-state index in [9.17, 15) is 4.79 Å². The average Bonchev–Trinajstić information content (AvgIpc) is 2.97. The number of hydrogen-bond donors (Lipinski definition) is 2. The van der Waals surface area contributed by atoms with Crippen LogP contribution in [0.1, 0.15) is 26.2 Å². The highest BCUT2D eigenvalue weighted by Crippen LogP contribution is 2.18. The molecule has 1 fully saturated rings. The van der Waals surface area contributed by atoms with E-state index in [4.69, 9.17) is 0 Å². The molecule has 1 aliphatic rings. The van der Waals surface area contributed by atoms with Crippen molar-refractivity contribution in [2.24, 2.45) is 0 Å². The van der Waals surface area contributed by atoms with Gasteiger partial charge < -0.3 is 10.6 Å². The molecule has 0 radical (unpaired) electrons. The molecule has 5 heteroatoms. The van der Waals surface area contributed by atoms with Gasteiger partial charge in [-0.15, -0.1) is 0 Å². The van der Waals surface area contributed by atoms with Crippen molar-refractivity contribution in [3.63, 3.8) is 0 Å². The summed E-state index contributed by atoms with van der Waals surface area (Å²) in [4.78, 5) is 11.6. The summed E-state index contributed by atoms with van der Waals surface area (Å²) in [5, 5.41) is 10.3. The lowest BCUT2D eigenvalue weighted by Gasteiger charge is -2.13. The third-order valence-electron chi connectivity index (χ3n) is 2.89. The first kappa shape index (κ1) is 12.1. The number of carbonyl (C=O) groups is 1. The first-order valence-corrected chi connectivity index (χ1v) is 6.27. The molecule has 1 aromatic rings. The molecule has 1 aromatic heterocycles. The minimum absolute atomic E-state index is 0.103. The molecule has 0 bridgehead atoms. The highest BCUT2D eigenvalue weighted by atomic mass is 16.2. The molecule has 5 nitrogen and oxygen atoms in total. The Morgan fingerprint density at radius 2 is 2.41 bits per heavy atom. The van der Waals surface area contributed by atoms with Gasteiger partial charge in [-0.05, 0) is 38.8 Å². The summed E-state index contributed by atoms with van der Waals surface area (Å²) >= 11 is 0. The van der Waals surface area contributed by atoms with E-state index in [-0.39, 0.29) is 11.9 Å². The SMILES string of the molecule is CC(NCCCn1cccn1)C(=O)NC1CC1. The van der Waals surface area contributed by atoms with Gasteiger partial charge in [-0.25, -0.2) is 0 Å². The van der Waals surface area contributed by atoms with Crippen LogP contribution in [-0.2, 0) is 11.3 Å². The smallest absolute Gasteiger partial charge is 0.237 e. The maximum atomic E-state index is 11.6. The molecular weight excluding hydrogens is 216 g/mol. The normalized spacial score (nSPS) is 16.8. The van der Waals surface area contributed by atoms with Gasteiger partial charge in [0.05, 0.1) is 6.04 Å². The molecule has 2 N–H and O–H groups in total. The Balaban J connectivity index is 1.55. The van der Waals surface area contributed by atoms with Crippen LogP contribution in [0.5, 0.6) is 0 Å². The zero-order valence-corrected chi connectivity index (χ0v) is 10.2. The molecule has 94 valence electrons. The lowest BCUT2D eigenvalue weighted by atomic mass is 10.3. The summed E-state index contributed by atoms with van der Waals surface area (Å²) < 4.78 is 1.90. The minimum atomic E-state index is -0.103. The molecule has 1 aliphatic carbocycles. The van der Waals surface area contributed by atoms with Crippen LogP contribution < -0.4 is 10.6 Å². The molecule has 0 aromatic carbocycles. The molecule has 2 rings (SSSR count). The van der Waals surface area contributed by atoms with Crippen LogP contribution in [0.15, 0.2) is 18.5 Å². The minimum Gasteiger partial charge on any atom is -0.352 e. The summed E-state index contributed by atoms with van der Waals surface area (Å²) in [5.74, 6) is 0.117. The van der Waals surface area contributed by atoms with E-state index >= 15 is 0 Å². The number of aryl methyl sites for hydroxylation is 1. The van der Waals surface area contributed by atoms with E-state index in [1.54, 1.807) is 6.20 Å². The lowest BCUT2D eigenvalue weighted by molar-refractivity contribution is -0.122. The number of carbonyl (C=O) groups excluding carboxylic acids is 1. The molecule has 1 amide bonds. The van der Waals surface area contributed by atoms with E-state index in [2.05, 4.69) is 15.7 Å². The quantitative estimate of drug-likeness (QED) is 0.679. The Hall–Kier alpha value is -1.36. The predicted molar refractivity (Wildman–Crippen MR) is 65.5 cm³/mol. The number of hydrogen-bond acceptors (Lipinski definition) is 3. The van der Waals surface area contributed by atoms with Gasteiger partial charge in [-0.1, -0.05) is 0 Å². The van der Waals surface area contributed by atoms with Crippen molar-refractivity contribution >= 4 is 5.91 Å². The van der Waals surface area contributed by atoms with E-state index in [1.807, 2.05) is 23.9 Å². The maximum absolute atomic E-state index is 11.6. The van der Waals surface area contributed by atoms with Crippen LogP contribution in [0.25, 0.3) is 0 Å². The van der Waals surface area contributed by atoms with Crippen LogP contribution in [0.4, 0.5) is 0 Å². The summed E-state index contributed by atoms with van der Waals surface area (Å²) in [7, 11) is 0.